The van der Waals surface area contributed by atoms with Gasteiger partial charge in [0, 0.05) is 29.9 Å². The first-order valence-corrected chi connectivity index (χ1v) is 8.73. The number of nitrogens with zero attached hydrogens (tertiary/aromatic N) is 2. The lowest BCUT2D eigenvalue weighted by Crippen LogP contribution is -2.10. The van der Waals surface area contributed by atoms with Gasteiger partial charge in [0.1, 0.15) is 17.4 Å². The molecule has 134 valence electrons. The minimum atomic E-state index is 0.528. The third kappa shape index (κ3) is 4.72. The summed E-state index contributed by atoms with van der Waals surface area (Å²) in [5.41, 5.74) is 1.89. The van der Waals surface area contributed by atoms with E-state index in [0.29, 0.717) is 11.7 Å². The van der Waals surface area contributed by atoms with E-state index >= 15 is 0 Å². The fraction of sp³-hybridized carbons (Fsp3) is 0.238. The van der Waals surface area contributed by atoms with Crippen LogP contribution in [0.25, 0.3) is 11.4 Å². The minimum Gasteiger partial charge on any atom is -0.497 e. The quantitative estimate of drug-likeness (QED) is 0.632. The standard InChI is InChI=1S/C21H24N4O/c1-15(2)14-22-19-13-20(23-17-10-7-11-18(12-17)26-3)25-21(24-19)16-8-5-4-6-9-16/h4-13,15H,14H2,1-3H3,(H2,22,23,24,25). The largest absolute Gasteiger partial charge is 0.497 e. The number of methoxy groups -OCH3 is 1. The second-order valence-electron chi connectivity index (χ2n) is 6.46. The van der Waals surface area contributed by atoms with Crippen molar-refractivity contribution >= 4 is 17.3 Å². The molecule has 5 heteroatoms. The predicted molar refractivity (Wildman–Crippen MR) is 107 cm³/mol. The molecular weight excluding hydrogens is 324 g/mol. The molecule has 0 amide bonds. The second kappa shape index (κ2) is 8.34. The Kier molecular flexibility index (Phi) is 5.69. The van der Waals surface area contributed by atoms with Crippen LogP contribution in [0, 0.1) is 5.92 Å². The van der Waals surface area contributed by atoms with E-state index in [9.17, 15) is 0 Å². The van der Waals surface area contributed by atoms with Crippen molar-refractivity contribution < 1.29 is 4.74 Å². The molecule has 5 nitrogen and oxygen atoms in total. The second-order valence-corrected chi connectivity index (χ2v) is 6.46. The first-order valence-electron chi connectivity index (χ1n) is 8.73. The highest BCUT2D eigenvalue weighted by Crippen LogP contribution is 2.24. The molecule has 3 rings (SSSR count). The van der Waals surface area contributed by atoms with E-state index in [1.807, 2.05) is 60.7 Å². The van der Waals surface area contributed by atoms with Gasteiger partial charge < -0.3 is 15.4 Å². The highest BCUT2D eigenvalue weighted by molar-refractivity contribution is 5.65. The zero-order chi connectivity index (χ0) is 18.4. The monoisotopic (exact) mass is 348 g/mol. The molecule has 0 aliphatic carbocycles. The molecule has 0 aliphatic heterocycles. The van der Waals surface area contributed by atoms with Gasteiger partial charge in [0.25, 0.3) is 0 Å². The van der Waals surface area contributed by atoms with Crippen LogP contribution >= 0.6 is 0 Å². The van der Waals surface area contributed by atoms with Crippen molar-refractivity contribution in [2.75, 3.05) is 24.3 Å². The molecule has 0 bridgehead atoms. The number of benzene rings is 2. The normalized spacial score (nSPS) is 10.6. The summed E-state index contributed by atoms with van der Waals surface area (Å²) >= 11 is 0. The van der Waals surface area contributed by atoms with E-state index < -0.39 is 0 Å². The van der Waals surface area contributed by atoms with Crippen LogP contribution < -0.4 is 15.4 Å². The van der Waals surface area contributed by atoms with Crippen molar-refractivity contribution in [2.45, 2.75) is 13.8 Å². The fourth-order valence-electron chi connectivity index (χ4n) is 2.48. The molecule has 0 spiro atoms. The van der Waals surface area contributed by atoms with Gasteiger partial charge in [-0.3, -0.25) is 0 Å². The van der Waals surface area contributed by atoms with Crippen LogP contribution in [-0.2, 0) is 0 Å². The van der Waals surface area contributed by atoms with E-state index in [4.69, 9.17) is 4.74 Å². The number of hydrogen-bond donors (Lipinski definition) is 2. The Morgan fingerprint density at radius 1 is 0.923 bits per heavy atom. The van der Waals surface area contributed by atoms with Gasteiger partial charge in [-0.25, -0.2) is 9.97 Å². The number of anilines is 3. The Morgan fingerprint density at radius 2 is 1.69 bits per heavy atom. The average molecular weight is 348 g/mol. The zero-order valence-corrected chi connectivity index (χ0v) is 15.4. The Morgan fingerprint density at radius 3 is 2.42 bits per heavy atom. The van der Waals surface area contributed by atoms with Crippen molar-refractivity contribution in [2.24, 2.45) is 5.92 Å². The SMILES string of the molecule is COc1cccc(Nc2cc(NCC(C)C)nc(-c3ccccc3)n2)c1. The van der Waals surface area contributed by atoms with Crippen molar-refractivity contribution in [1.29, 1.82) is 0 Å². The van der Waals surface area contributed by atoms with E-state index in [0.717, 1.165) is 35.2 Å². The zero-order valence-electron chi connectivity index (χ0n) is 15.4. The number of rotatable bonds is 7. The lowest BCUT2D eigenvalue weighted by molar-refractivity contribution is 0.415. The summed E-state index contributed by atoms with van der Waals surface area (Å²) in [4.78, 5) is 9.34. The molecule has 3 aromatic rings. The third-order valence-corrected chi connectivity index (χ3v) is 3.79. The van der Waals surface area contributed by atoms with Crippen LogP contribution in [-0.4, -0.2) is 23.6 Å². The summed E-state index contributed by atoms with van der Waals surface area (Å²) in [6.07, 6.45) is 0. The van der Waals surface area contributed by atoms with Gasteiger partial charge >= 0.3 is 0 Å². The van der Waals surface area contributed by atoms with Crippen LogP contribution in [0.15, 0.2) is 60.7 Å². The molecule has 26 heavy (non-hydrogen) atoms. The summed E-state index contributed by atoms with van der Waals surface area (Å²) in [5.74, 6) is 3.55. The summed E-state index contributed by atoms with van der Waals surface area (Å²) in [5, 5.41) is 6.73. The number of aromatic nitrogens is 2. The summed E-state index contributed by atoms with van der Waals surface area (Å²) < 4.78 is 5.29. The topological polar surface area (TPSA) is 59.1 Å². The van der Waals surface area contributed by atoms with E-state index in [2.05, 4.69) is 34.4 Å². The molecular formula is C21H24N4O. The number of hydrogen-bond acceptors (Lipinski definition) is 5. The van der Waals surface area contributed by atoms with Crippen molar-refractivity contribution in [3.63, 3.8) is 0 Å². The maximum atomic E-state index is 5.29. The predicted octanol–water partition coefficient (Wildman–Crippen LogP) is 4.96. The van der Waals surface area contributed by atoms with Gasteiger partial charge in [-0.15, -0.1) is 0 Å². The van der Waals surface area contributed by atoms with Gasteiger partial charge in [0.15, 0.2) is 5.82 Å². The lowest BCUT2D eigenvalue weighted by Gasteiger charge is -2.13. The minimum absolute atomic E-state index is 0.528. The molecule has 0 radical (unpaired) electrons. The van der Waals surface area contributed by atoms with Crippen LogP contribution in [0.1, 0.15) is 13.8 Å². The van der Waals surface area contributed by atoms with Crippen LogP contribution in [0.3, 0.4) is 0 Å². The van der Waals surface area contributed by atoms with Gasteiger partial charge in [0.2, 0.25) is 0 Å². The lowest BCUT2D eigenvalue weighted by atomic mass is 10.2. The Hall–Kier alpha value is -3.08. The molecule has 0 fully saturated rings. The fourth-order valence-corrected chi connectivity index (χ4v) is 2.48. The van der Waals surface area contributed by atoms with Crippen molar-refractivity contribution in [1.82, 2.24) is 9.97 Å². The first-order chi connectivity index (χ1) is 12.6. The van der Waals surface area contributed by atoms with Gasteiger partial charge in [-0.1, -0.05) is 50.2 Å². The van der Waals surface area contributed by atoms with Crippen LogP contribution in [0.2, 0.25) is 0 Å². The molecule has 1 aromatic heterocycles. The van der Waals surface area contributed by atoms with Crippen LogP contribution in [0.4, 0.5) is 17.3 Å². The average Bonchev–Trinajstić information content (AvgIpc) is 2.67. The van der Waals surface area contributed by atoms with E-state index in [-0.39, 0.29) is 0 Å². The van der Waals surface area contributed by atoms with Gasteiger partial charge in [0.05, 0.1) is 7.11 Å². The highest BCUT2D eigenvalue weighted by Gasteiger charge is 2.08. The number of nitrogens with one attached hydrogen (secondary N) is 2. The summed E-state index contributed by atoms with van der Waals surface area (Å²) in [6, 6.07) is 19.7. The first kappa shape index (κ1) is 17.7. The molecule has 2 aromatic carbocycles. The molecule has 1 heterocycles. The molecule has 0 saturated heterocycles. The summed E-state index contributed by atoms with van der Waals surface area (Å²) in [7, 11) is 1.66. The van der Waals surface area contributed by atoms with Crippen LogP contribution in [0.5, 0.6) is 5.75 Å². The van der Waals surface area contributed by atoms with E-state index in [1.54, 1.807) is 7.11 Å². The van der Waals surface area contributed by atoms with Crippen molar-refractivity contribution in [3.05, 3.63) is 60.7 Å². The van der Waals surface area contributed by atoms with E-state index in [1.165, 1.54) is 0 Å². The maximum absolute atomic E-state index is 5.29. The smallest absolute Gasteiger partial charge is 0.163 e. The third-order valence-electron chi connectivity index (χ3n) is 3.79. The molecule has 0 unspecified atom stereocenters. The number of ether oxygens (including phenoxy) is 1. The van der Waals surface area contributed by atoms with Gasteiger partial charge in [-0.2, -0.15) is 0 Å². The Bertz CT molecular complexity index is 850. The molecule has 0 atom stereocenters. The van der Waals surface area contributed by atoms with Crippen molar-refractivity contribution in [3.8, 4) is 17.1 Å². The summed E-state index contributed by atoms with van der Waals surface area (Å²) in [6.45, 7) is 5.19. The molecule has 2 N–H and O–H groups in total. The molecule has 0 aliphatic rings. The Balaban J connectivity index is 1.93. The molecule has 0 saturated carbocycles. The Labute approximate surface area is 154 Å². The maximum Gasteiger partial charge on any atom is 0.163 e. The van der Waals surface area contributed by atoms with Gasteiger partial charge in [-0.05, 0) is 18.1 Å². The highest BCUT2D eigenvalue weighted by atomic mass is 16.5.